The molecule has 1 fully saturated rings. The standard InChI is InChI=1S/C15H27N3O/c1-16(2)9-12-7-13(10-17(3)4)15(19)14(8-12)11-18(5)6/h9-11,15,19H,7-8H2,1-6H3. The van der Waals surface area contributed by atoms with Gasteiger partial charge in [0.2, 0.25) is 0 Å². The number of aliphatic hydroxyl groups excluding tert-OH is 1. The molecule has 0 radical (unpaired) electrons. The van der Waals surface area contributed by atoms with E-state index in [1.54, 1.807) is 0 Å². The second-order valence-corrected chi connectivity index (χ2v) is 5.84. The summed E-state index contributed by atoms with van der Waals surface area (Å²) in [5.74, 6) is 0. The van der Waals surface area contributed by atoms with Crippen LogP contribution >= 0.6 is 0 Å². The minimum atomic E-state index is -0.468. The van der Waals surface area contributed by atoms with Crippen LogP contribution < -0.4 is 0 Å². The van der Waals surface area contributed by atoms with Crippen molar-refractivity contribution in [2.75, 3.05) is 42.3 Å². The van der Waals surface area contributed by atoms with Crippen LogP contribution in [-0.2, 0) is 0 Å². The molecule has 0 aromatic carbocycles. The van der Waals surface area contributed by atoms with E-state index in [4.69, 9.17) is 0 Å². The molecule has 0 aliphatic heterocycles. The Bertz CT molecular complexity index is 362. The Morgan fingerprint density at radius 2 is 1.16 bits per heavy atom. The molecule has 4 nitrogen and oxygen atoms in total. The molecule has 1 saturated carbocycles. The van der Waals surface area contributed by atoms with Crippen LogP contribution in [0.5, 0.6) is 0 Å². The van der Waals surface area contributed by atoms with Crippen molar-refractivity contribution in [2.45, 2.75) is 18.9 Å². The summed E-state index contributed by atoms with van der Waals surface area (Å²) >= 11 is 0. The van der Waals surface area contributed by atoms with Crippen LogP contribution in [0.3, 0.4) is 0 Å². The molecule has 0 heterocycles. The molecule has 0 bridgehead atoms. The molecule has 0 spiro atoms. The molecule has 19 heavy (non-hydrogen) atoms. The van der Waals surface area contributed by atoms with Gasteiger partial charge in [0.25, 0.3) is 0 Å². The third kappa shape index (κ3) is 4.99. The monoisotopic (exact) mass is 265 g/mol. The molecule has 0 amide bonds. The first kappa shape index (κ1) is 15.6. The van der Waals surface area contributed by atoms with Crippen LogP contribution in [0.15, 0.2) is 35.3 Å². The lowest BCUT2D eigenvalue weighted by molar-refractivity contribution is 0.228. The highest BCUT2D eigenvalue weighted by Gasteiger charge is 2.25. The van der Waals surface area contributed by atoms with E-state index in [1.807, 2.05) is 64.5 Å². The first-order valence-electron chi connectivity index (χ1n) is 6.57. The van der Waals surface area contributed by atoms with E-state index in [0.717, 1.165) is 24.0 Å². The molecule has 1 N–H and O–H groups in total. The Balaban J connectivity index is 3.08. The van der Waals surface area contributed by atoms with Crippen LogP contribution in [0, 0.1) is 0 Å². The fraction of sp³-hybridized carbons (Fsp3) is 0.600. The molecular weight excluding hydrogens is 238 g/mol. The van der Waals surface area contributed by atoms with Crippen LogP contribution in [-0.4, -0.2) is 68.2 Å². The number of rotatable bonds is 3. The molecule has 0 unspecified atom stereocenters. The van der Waals surface area contributed by atoms with Crippen LogP contribution in [0.25, 0.3) is 0 Å². The molecular formula is C15H27N3O. The maximum atomic E-state index is 10.4. The Morgan fingerprint density at radius 3 is 1.47 bits per heavy atom. The highest BCUT2D eigenvalue weighted by Crippen LogP contribution is 2.32. The van der Waals surface area contributed by atoms with E-state index in [0.29, 0.717) is 0 Å². The average molecular weight is 265 g/mol. The largest absolute Gasteiger partial charge is 0.384 e. The van der Waals surface area contributed by atoms with E-state index in [-0.39, 0.29) is 0 Å². The quantitative estimate of drug-likeness (QED) is 0.837. The average Bonchev–Trinajstić information content (AvgIpc) is 2.22. The fourth-order valence-electron chi connectivity index (χ4n) is 2.37. The zero-order valence-electron chi connectivity index (χ0n) is 13.0. The maximum Gasteiger partial charge on any atom is 0.100 e. The number of hydrogen-bond donors (Lipinski definition) is 1. The van der Waals surface area contributed by atoms with Gasteiger partial charge in [-0.1, -0.05) is 0 Å². The molecule has 0 aromatic rings. The van der Waals surface area contributed by atoms with Gasteiger partial charge in [-0.15, -0.1) is 0 Å². The maximum absolute atomic E-state index is 10.4. The van der Waals surface area contributed by atoms with Gasteiger partial charge in [0.05, 0.1) is 0 Å². The van der Waals surface area contributed by atoms with Gasteiger partial charge in [-0.3, -0.25) is 0 Å². The predicted molar refractivity (Wildman–Crippen MR) is 80.6 cm³/mol. The lowest BCUT2D eigenvalue weighted by Crippen LogP contribution is -2.24. The van der Waals surface area contributed by atoms with Gasteiger partial charge >= 0.3 is 0 Å². The number of aliphatic hydroxyl groups is 1. The first-order valence-corrected chi connectivity index (χ1v) is 6.57. The molecule has 0 saturated heterocycles. The molecule has 108 valence electrons. The first-order chi connectivity index (χ1) is 8.79. The van der Waals surface area contributed by atoms with Crippen molar-refractivity contribution in [3.05, 3.63) is 35.3 Å². The van der Waals surface area contributed by atoms with Crippen molar-refractivity contribution in [3.8, 4) is 0 Å². The lowest BCUT2D eigenvalue weighted by Gasteiger charge is -2.29. The minimum absolute atomic E-state index is 0.468. The summed E-state index contributed by atoms with van der Waals surface area (Å²) in [6.45, 7) is 0. The van der Waals surface area contributed by atoms with E-state index in [2.05, 4.69) is 11.1 Å². The second kappa shape index (κ2) is 6.66. The molecule has 1 aliphatic carbocycles. The molecule has 0 aromatic heterocycles. The van der Waals surface area contributed by atoms with E-state index < -0.39 is 6.10 Å². The van der Waals surface area contributed by atoms with Crippen LogP contribution in [0.4, 0.5) is 0 Å². The summed E-state index contributed by atoms with van der Waals surface area (Å²) in [6, 6.07) is 0. The van der Waals surface area contributed by atoms with Gasteiger partial charge in [0.1, 0.15) is 6.10 Å². The van der Waals surface area contributed by atoms with Gasteiger partial charge in [-0.25, -0.2) is 0 Å². The second-order valence-electron chi connectivity index (χ2n) is 5.84. The third-order valence-electron chi connectivity index (χ3n) is 2.85. The van der Waals surface area contributed by atoms with E-state index in [9.17, 15) is 5.11 Å². The van der Waals surface area contributed by atoms with Crippen molar-refractivity contribution in [2.24, 2.45) is 0 Å². The highest BCUT2D eigenvalue weighted by atomic mass is 16.3. The molecule has 0 atom stereocenters. The van der Waals surface area contributed by atoms with Crippen LogP contribution in [0.1, 0.15) is 12.8 Å². The summed E-state index contributed by atoms with van der Waals surface area (Å²) in [5, 5.41) is 10.4. The molecule has 1 rings (SSSR count). The zero-order valence-corrected chi connectivity index (χ0v) is 13.0. The summed E-state index contributed by atoms with van der Waals surface area (Å²) < 4.78 is 0. The van der Waals surface area contributed by atoms with Crippen molar-refractivity contribution in [1.82, 2.24) is 14.7 Å². The van der Waals surface area contributed by atoms with Gasteiger partial charge < -0.3 is 19.8 Å². The molecule has 4 heteroatoms. The highest BCUT2D eigenvalue weighted by molar-refractivity contribution is 5.36. The Morgan fingerprint density at radius 1 is 0.789 bits per heavy atom. The predicted octanol–water partition coefficient (Wildman–Crippen LogP) is 1.48. The summed E-state index contributed by atoms with van der Waals surface area (Å²) in [4.78, 5) is 6.04. The summed E-state index contributed by atoms with van der Waals surface area (Å²) in [7, 11) is 12.0. The summed E-state index contributed by atoms with van der Waals surface area (Å²) in [5.41, 5.74) is 3.44. The van der Waals surface area contributed by atoms with Crippen molar-refractivity contribution >= 4 is 0 Å². The van der Waals surface area contributed by atoms with Gasteiger partial charge in [0.15, 0.2) is 0 Å². The fourth-order valence-corrected chi connectivity index (χ4v) is 2.37. The van der Waals surface area contributed by atoms with Crippen molar-refractivity contribution in [3.63, 3.8) is 0 Å². The number of hydrogen-bond acceptors (Lipinski definition) is 4. The normalized spacial score (nSPS) is 23.7. The summed E-state index contributed by atoms with van der Waals surface area (Å²) in [6.07, 6.45) is 7.40. The SMILES string of the molecule is CN(C)C=C1CC(=CN(C)C)C(O)C(=CN(C)C)C1. The Kier molecular flexibility index (Phi) is 5.48. The smallest absolute Gasteiger partial charge is 0.100 e. The van der Waals surface area contributed by atoms with Gasteiger partial charge in [-0.2, -0.15) is 0 Å². The van der Waals surface area contributed by atoms with Crippen LogP contribution in [0.2, 0.25) is 0 Å². The van der Waals surface area contributed by atoms with Crippen molar-refractivity contribution < 1.29 is 5.11 Å². The minimum Gasteiger partial charge on any atom is -0.384 e. The number of allylic oxidation sites excluding steroid dienone is 1. The number of nitrogens with zero attached hydrogens (tertiary/aromatic N) is 3. The Labute approximate surface area is 117 Å². The Hall–Kier alpha value is -1.42. The third-order valence-corrected chi connectivity index (χ3v) is 2.85. The van der Waals surface area contributed by atoms with E-state index in [1.165, 1.54) is 5.57 Å². The molecule has 1 aliphatic rings. The van der Waals surface area contributed by atoms with Gasteiger partial charge in [0, 0.05) is 54.7 Å². The topological polar surface area (TPSA) is 30.0 Å². The lowest BCUT2D eigenvalue weighted by atomic mass is 9.85. The zero-order chi connectivity index (χ0) is 14.6. The van der Waals surface area contributed by atoms with Crippen molar-refractivity contribution in [1.29, 1.82) is 0 Å². The van der Waals surface area contributed by atoms with E-state index >= 15 is 0 Å². The van der Waals surface area contributed by atoms with Gasteiger partial charge in [-0.05, 0) is 35.8 Å².